The second kappa shape index (κ2) is 5.49. The molecule has 0 amide bonds. The zero-order valence-electron chi connectivity index (χ0n) is 13.2. The number of hydrogen-bond donors (Lipinski definition) is 1. The van der Waals surface area contributed by atoms with Crippen molar-refractivity contribution in [3.63, 3.8) is 0 Å². The SMILES string of the molecule is O=C(OC(C(F)(F)F)(C(F)(F)F)S(=O)(=O)O)C12CC3CC(CC(C3)C1)C2. The van der Waals surface area contributed by atoms with E-state index in [9.17, 15) is 39.6 Å². The van der Waals surface area contributed by atoms with Crippen LogP contribution in [0.25, 0.3) is 0 Å². The van der Waals surface area contributed by atoms with Gasteiger partial charge in [-0.15, -0.1) is 0 Å². The van der Waals surface area contributed by atoms with Gasteiger partial charge in [-0.25, -0.2) is 0 Å². The van der Waals surface area contributed by atoms with Gasteiger partial charge < -0.3 is 4.74 Å². The Bertz CT molecular complexity index is 661. The topological polar surface area (TPSA) is 80.7 Å². The van der Waals surface area contributed by atoms with Crippen molar-refractivity contribution < 1.29 is 48.8 Å². The first-order valence-electron chi connectivity index (χ1n) is 7.95. The predicted octanol–water partition coefficient (Wildman–Crippen LogP) is 3.45. The van der Waals surface area contributed by atoms with Gasteiger partial charge in [-0.05, 0) is 56.3 Å². The normalized spacial score (nSPS) is 34.8. The van der Waals surface area contributed by atoms with Crippen LogP contribution in [0.4, 0.5) is 26.3 Å². The summed E-state index contributed by atoms with van der Waals surface area (Å²) in [4.78, 5) is 6.46. The number of ether oxygens (including phenoxy) is 1. The van der Waals surface area contributed by atoms with Crippen molar-refractivity contribution in [3.8, 4) is 0 Å². The molecule has 5 nitrogen and oxygen atoms in total. The van der Waals surface area contributed by atoms with E-state index in [4.69, 9.17) is 4.55 Å². The Morgan fingerprint density at radius 3 is 1.50 bits per heavy atom. The second-order valence-electron chi connectivity index (χ2n) is 7.67. The number of carbonyl (C=O) groups excluding carboxylic acids is 1. The molecule has 0 spiro atoms. The van der Waals surface area contributed by atoms with Crippen LogP contribution in [0.2, 0.25) is 0 Å². The molecule has 0 saturated heterocycles. The van der Waals surface area contributed by atoms with E-state index in [1.807, 2.05) is 0 Å². The van der Waals surface area contributed by atoms with Gasteiger partial charge in [0.15, 0.2) is 0 Å². The fraction of sp³-hybridized carbons (Fsp3) is 0.929. The Balaban J connectivity index is 2.02. The molecule has 4 aliphatic rings. The minimum Gasteiger partial charge on any atom is -0.423 e. The largest absolute Gasteiger partial charge is 0.456 e. The third-order valence-electron chi connectivity index (χ3n) is 5.82. The number of alkyl halides is 6. The van der Waals surface area contributed by atoms with E-state index >= 15 is 0 Å². The average Bonchev–Trinajstić information content (AvgIpc) is 2.38. The molecule has 0 aromatic rings. The van der Waals surface area contributed by atoms with Crippen LogP contribution in [0.5, 0.6) is 0 Å². The average molecular weight is 410 g/mol. The highest BCUT2D eigenvalue weighted by Crippen LogP contribution is 2.61. The van der Waals surface area contributed by atoms with E-state index < -0.39 is 38.8 Å². The van der Waals surface area contributed by atoms with Crippen molar-refractivity contribution in [1.82, 2.24) is 0 Å². The molecule has 26 heavy (non-hydrogen) atoms. The lowest BCUT2D eigenvalue weighted by atomic mass is 9.49. The highest BCUT2D eigenvalue weighted by molar-refractivity contribution is 7.87. The van der Waals surface area contributed by atoms with Gasteiger partial charge in [0, 0.05) is 0 Å². The molecule has 4 rings (SSSR count). The summed E-state index contributed by atoms with van der Waals surface area (Å²) in [7, 11) is -6.90. The summed E-state index contributed by atoms with van der Waals surface area (Å²) in [6.07, 6.45) is -10.8. The van der Waals surface area contributed by atoms with Gasteiger partial charge in [0.25, 0.3) is 0 Å². The summed E-state index contributed by atoms with van der Waals surface area (Å²) >= 11 is 0. The van der Waals surface area contributed by atoms with Gasteiger partial charge in [-0.1, -0.05) is 0 Å². The number of halogens is 6. The van der Waals surface area contributed by atoms with Crippen molar-refractivity contribution in [2.75, 3.05) is 0 Å². The van der Waals surface area contributed by atoms with E-state index in [2.05, 4.69) is 4.74 Å². The van der Waals surface area contributed by atoms with Crippen LogP contribution in [0, 0.1) is 23.2 Å². The summed E-state index contributed by atoms with van der Waals surface area (Å²) in [5.74, 6) is -1.88. The Morgan fingerprint density at radius 1 is 0.885 bits per heavy atom. The highest BCUT2D eigenvalue weighted by Gasteiger charge is 2.83. The Labute approximate surface area is 144 Å². The van der Waals surface area contributed by atoms with Crippen LogP contribution in [0.1, 0.15) is 38.5 Å². The van der Waals surface area contributed by atoms with Crippen molar-refractivity contribution >= 4 is 16.1 Å². The summed E-state index contributed by atoms with van der Waals surface area (Å²) in [6.45, 7) is 0. The van der Waals surface area contributed by atoms with Crippen LogP contribution in [0.15, 0.2) is 0 Å². The van der Waals surface area contributed by atoms with Gasteiger partial charge in [0.05, 0.1) is 5.41 Å². The smallest absolute Gasteiger partial charge is 0.423 e. The number of hydrogen-bond acceptors (Lipinski definition) is 4. The molecule has 4 bridgehead atoms. The standard InChI is InChI=1S/C14H16F6O5S/c15-13(16,17)12(14(18,19)20,26(22,23)24)25-10(21)11-4-7-1-8(5-11)3-9(2-7)6-11/h7-9H,1-6H2,(H,22,23,24). The van der Waals surface area contributed by atoms with Gasteiger partial charge in [0.2, 0.25) is 0 Å². The van der Waals surface area contributed by atoms with E-state index in [1.165, 1.54) is 0 Å². The lowest BCUT2D eigenvalue weighted by Crippen LogP contribution is -2.66. The first kappa shape index (κ1) is 19.7. The fourth-order valence-electron chi connectivity index (χ4n) is 5.22. The van der Waals surface area contributed by atoms with E-state index in [-0.39, 0.29) is 37.0 Å². The summed E-state index contributed by atoms with van der Waals surface area (Å²) in [6, 6.07) is 0. The van der Waals surface area contributed by atoms with Gasteiger partial charge in [-0.2, -0.15) is 34.8 Å². The number of rotatable bonds is 3. The molecule has 4 fully saturated rings. The van der Waals surface area contributed by atoms with Crippen molar-refractivity contribution in [1.29, 1.82) is 0 Å². The minimum atomic E-state index is -6.90. The molecule has 4 saturated carbocycles. The van der Waals surface area contributed by atoms with Crippen LogP contribution >= 0.6 is 0 Å². The second-order valence-corrected chi connectivity index (χ2v) is 9.20. The van der Waals surface area contributed by atoms with Crippen LogP contribution < -0.4 is 0 Å². The molecule has 150 valence electrons. The molecule has 0 atom stereocenters. The first-order valence-corrected chi connectivity index (χ1v) is 9.39. The lowest BCUT2D eigenvalue weighted by molar-refractivity contribution is -0.339. The molecule has 0 unspecified atom stereocenters. The quantitative estimate of drug-likeness (QED) is 0.438. The third kappa shape index (κ3) is 2.71. The lowest BCUT2D eigenvalue weighted by Gasteiger charge is -2.55. The zero-order valence-corrected chi connectivity index (χ0v) is 14.0. The molecule has 0 aliphatic heterocycles. The Kier molecular flexibility index (Phi) is 4.16. The van der Waals surface area contributed by atoms with Crippen molar-refractivity contribution in [2.24, 2.45) is 23.2 Å². The summed E-state index contributed by atoms with van der Waals surface area (Å²) in [5, 5.41) is 0. The highest BCUT2D eigenvalue weighted by atomic mass is 32.2. The predicted molar refractivity (Wildman–Crippen MR) is 73.1 cm³/mol. The number of carbonyl (C=O) groups is 1. The van der Waals surface area contributed by atoms with Crippen LogP contribution in [-0.4, -0.2) is 36.2 Å². The maximum absolute atomic E-state index is 13.2. The molecule has 0 heterocycles. The monoisotopic (exact) mass is 410 g/mol. The molecule has 12 heteroatoms. The fourth-order valence-corrected chi connectivity index (χ4v) is 5.99. The van der Waals surface area contributed by atoms with Gasteiger partial charge in [0.1, 0.15) is 0 Å². The Morgan fingerprint density at radius 2 is 1.23 bits per heavy atom. The number of esters is 1. The molecule has 4 aliphatic carbocycles. The first-order chi connectivity index (χ1) is 11.6. The molecule has 0 radical (unpaired) electrons. The van der Waals surface area contributed by atoms with Crippen LogP contribution in [0.3, 0.4) is 0 Å². The molecule has 1 N–H and O–H groups in total. The van der Waals surface area contributed by atoms with Crippen LogP contribution in [-0.2, 0) is 19.6 Å². The maximum Gasteiger partial charge on any atom is 0.456 e. The third-order valence-corrected chi connectivity index (χ3v) is 7.09. The van der Waals surface area contributed by atoms with Gasteiger partial charge >= 0.3 is 33.4 Å². The molecular weight excluding hydrogens is 394 g/mol. The zero-order chi connectivity index (χ0) is 19.8. The molecule has 0 aromatic carbocycles. The minimum absolute atomic E-state index is 0.00860. The van der Waals surface area contributed by atoms with Crippen molar-refractivity contribution in [2.45, 2.75) is 55.8 Å². The molecule has 0 aromatic heterocycles. The maximum atomic E-state index is 13.2. The summed E-state index contributed by atoms with van der Waals surface area (Å²) in [5.41, 5.74) is -1.57. The van der Waals surface area contributed by atoms with E-state index in [0.717, 1.165) is 19.3 Å². The molecular formula is C14H16F6O5S. The van der Waals surface area contributed by atoms with E-state index in [0.29, 0.717) is 0 Å². The summed E-state index contributed by atoms with van der Waals surface area (Å²) < 4.78 is 114. The van der Waals surface area contributed by atoms with Crippen molar-refractivity contribution in [3.05, 3.63) is 0 Å². The Hall–Kier alpha value is -1.04. The van der Waals surface area contributed by atoms with Gasteiger partial charge in [-0.3, -0.25) is 9.35 Å². The van der Waals surface area contributed by atoms with E-state index in [1.54, 1.807) is 0 Å².